The average Bonchev–Trinajstić information content (AvgIpc) is 3.12. The van der Waals surface area contributed by atoms with Crippen LogP contribution in [0.1, 0.15) is 41.5 Å². The minimum Gasteiger partial charge on any atom is -0.490 e. The molecule has 0 aliphatic heterocycles. The third kappa shape index (κ3) is 5.01. The Kier molecular flexibility index (Phi) is 7.68. The van der Waals surface area contributed by atoms with E-state index in [-0.39, 0.29) is 6.54 Å². The zero-order valence-corrected chi connectivity index (χ0v) is 19.0. The molecular formula is C24H24N2O5S. The highest BCUT2D eigenvalue weighted by Crippen LogP contribution is 2.29. The van der Waals surface area contributed by atoms with E-state index in [1.54, 1.807) is 47.9 Å². The molecule has 0 aliphatic rings. The lowest BCUT2D eigenvalue weighted by atomic mass is 10.2. The van der Waals surface area contributed by atoms with Crippen molar-refractivity contribution in [1.82, 2.24) is 4.57 Å². The molecule has 0 N–H and O–H groups in total. The molecule has 1 heterocycles. The van der Waals surface area contributed by atoms with Crippen LogP contribution >= 0.6 is 11.3 Å². The van der Waals surface area contributed by atoms with Gasteiger partial charge in [-0.25, -0.2) is 4.79 Å². The number of terminal acetylenes is 1. The predicted molar refractivity (Wildman–Crippen MR) is 123 cm³/mol. The van der Waals surface area contributed by atoms with Crippen molar-refractivity contribution in [1.29, 1.82) is 0 Å². The van der Waals surface area contributed by atoms with E-state index in [0.717, 1.165) is 10.2 Å². The molecule has 0 saturated heterocycles. The number of ether oxygens (including phenoxy) is 3. The topological polar surface area (TPSA) is 79.1 Å². The summed E-state index contributed by atoms with van der Waals surface area (Å²) in [6.45, 7) is 6.94. The molecule has 1 amide bonds. The van der Waals surface area contributed by atoms with Gasteiger partial charge in [0.25, 0.3) is 5.91 Å². The SMILES string of the molecule is C#CCn1c(=NC(=O)c2ccc(OCC)c(OCC)c2)sc2cc(C(=O)OCC)ccc21. The van der Waals surface area contributed by atoms with E-state index in [1.807, 2.05) is 13.8 Å². The third-order valence-corrected chi connectivity index (χ3v) is 5.47. The summed E-state index contributed by atoms with van der Waals surface area (Å²) in [5, 5.41) is 0. The van der Waals surface area contributed by atoms with Crippen molar-refractivity contribution < 1.29 is 23.8 Å². The molecule has 0 atom stereocenters. The number of nitrogens with zero attached hydrogens (tertiary/aromatic N) is 2. The van der Waals surface area contributed by atoms with Crippen molar-refractivity contribution in [2.75, 3.05) is 19.8 Å². The molecule has 0 fully saturated rings. The van der Waals surface area contributed by atoms with Crippen LogP contribution in [0.3, 0.4) is 0 Å². The summed E-state index contributed by atoms with van der Waals surface area (Å²) in [6, 6.07) is 10.1. The van der Waals surface area contributed by atoms with E-state index in [4.69, 9.17) is 20.6 Å². The standard InChI is InChI=1S/C24H24N2O5S/c1-5-13-26-18-11-9-17(23(28)31-8-4)15-21(18)32-24(26)25-22(27)16-10-12-19(29-6-2)20(14-16)30-7-3/h1,9-12,14-15H,6-8,13H2,2-4H3. The Balaban J connectivity index is 2.05. The summed E-state index contributed by atoms with van der Waals surface area (Å²) in [5.74, 6) is 2.81. The lowest BCUT2D eigenvalue weighted by molar-refractivity contribution is 0.0526. The molecule has 1 aromatic heterocycles. The smallest absolute Gasteiger partial charge is 0.338 e. The first-order chi connectivity index (χ1) is 15.5. The maximum atomic E-state index is 12.9. The number of carbonyl (C=O) groups excluding carboxylic acids is 2. The molecule has 0 unspecified atom stereocenters. The van der Waals surface area contributed by atoms with Crippen LogP contribution in [-0.2, 0) is 11.3 Å². The van der Waals surface area contributed by atoms with Gasteiger partial charge in [-0.15, -0.1) is 6.42 Å². The molecular weight excluding hydrogens is 428 g/mol. The summed E-state index contributed by atoms with van der Waals surface area (Å²) < 4.78 is 18.8. The van der Waals surface area contributed by atoms with Crippen LogP contribution in [-0.4, -0.2) is 36.3 Å². The van der Waals surface area contributed by atoms with Crippen LogP contribution in [0, 0.1) is 12.3 Å². The molecule has 0 saturated carbocycles. The quantitative estimate of drug-likeness (QED) is 0.381. The monoisotopic (exact) mass is 452 g/mol. The molecule has 3 aromatic rings. The van der Waals surface area contributed by atoms with Gasteiger partial charge in [0.2, 0.25) is 0 Å². The normalized spacial score (nSPS) is 11.2. The Morgan fingerprint density at radius 2 is 1.72 bits per heavy atom. The second-order valence-electron chi connectivity index (χ2n) is 6.52. The first kappa shape index (κ1) is 23.1. The summed E-state index contributed by atoms with van der Waals surface area (Å²) in [4.78, 5) is 29.8. The van der Waals surface area contributed by atoms with E-state index in [1.165, 1.54) is 11.3 Å². The molecule has 2 aromatic carbocycles. The summed E-state index contributed by atoms with van der Waals surface area (Å²) in [6.07, 6.45) is 5.54. The Morgan fingerprint density at radius 3 is 2.41 bits per heavy atom. The van der Waals surface area contributed by atoms with Crippen LogP contribution in [0.2, 0.25) is 0 Å². The van der Waals surface area contributed by atoms with Crippen LogP contribution in [0.25, 0.3) is 10.2 Å². The van der Waals surface area contributed by atoms with Gasteiger partial charge in [0.15, 0.2) is 16.3 Å². The van der Waals surface area contributed by atoms with Crippen molar-refractivity contribution in [2.24, 2.45) is 4.99 Å². The first-order valence-electron chi connectivity index (χ1n) is 10.2. The number of thiazole rings is 1. The van der Waals surface area contributed by atoms with Crippen molar-refractivity contribution in [3.8, 4) is 23.8 Å². The highest BCUT2D eigenvalue weighted by atomic mass is 32.1. The van der Waals surface area contributed by atoms with Gasteiger partial charge in [0.1, 0.15) is 0 Å². The molecule has 7 nitrogen and oxygen atoms in total. The van der Waals surface area contributed by atoms with Gasteiger partial charge in [-0.3, -0.25) is 4.79 Å². The molecule has 166 valence electrons. The van der Waals surface area contributed by atoms with Gasteiger partial charge in [-0.05, 0) is 57.2 Å². The molecule has 0 radical (unpaired) electrons. The highest BCUT2D eigenvalue weighted by molar-refractivity contribution is 7.16. The van der Waals surface area contributed by atoms with Gasteiger partial charge in [0.05, 0.1) is 42.1 Å². The minimum absolute atomic E-state index is 0.234. The third-order valence-electron chi connectivity index (χ3n) is 4.43. The van der Waals surface area contributed by atoms with Gasteiger partial charge in [0, 0.05) is 5.56 Å². The second-order valence-corrected chi connectivity index (χ2v) is 7.53. The number of amides is 1. The van der Waals surface area contributed by atoms with Gasteiger partial charge >= 0.3 is 5.97 Å². The lowest BCUT2D eigenvalue weighted by Gasteiger charge is -2.11. The molecule has 32 heavy (non-hydrogen) atoms. The zero-order valence-electron chi connectivity index (χ0n) is 18.2. The molecule has 0 aliphatic carbocycles. The fourth-order valence-corrected chi connectivity index (χ4v) is 4.15. The van der Waals surface area contributed by atoms with Crippen LogP contribution in [0.5, 0.6) is 11.5 Å². The van der Waals surface area contributed by atoms with Crippen molar-refractivity contribution >= 4 is 33.4 Å². The van der Waals surface area contributed by atoms with E-state index >= 15 is 0 Å². The number of benzene rings is 2. The number of fused-ring (bicyclic) bond motifs is 1. The fourth-order valence-electron chi connectivity index (χ4n) is 3.08. The zero-order chi connectivity index (χ0) is 23.1. The van der Waals surface area contributed by atoms with E-state index in [9.17, 15) is 9.59 Å². The fraction of sp³-hybridized carbons (Fsp3) is 0.292. The van der Waals surface area contributed by atoms with Gasteiger partial charge in [-0.1, -0.05) is 17.3 Å². The first-order valence-corrected chi connectivity index (χ1v) is 11.1. The lowest BCUT2D eigenvalue weighted by Crippen LogP contribution is -2.16. The van der Waals surface area contributed by atoms with Gasteiger partial charge in [-0.2, -0.15) is 4.99 Å². The maximum Gasteiger partial charge on any atom is 0.338 e. The van der Waals surface area contributed by atoms with E-state index in [2.05, 4.69) is 10.9 Å². The summed E-state index contributed by atoms with van der Waals surface area (Å²) in [7, 11) is 0. The Bertz CT molecular complexity index is 1250. The molecule has 3 rings (SSSR count). The number of aromatic nitrogens is 1. The maximum absolute atomic E-state index is 12.9. The number of carbonyl (C=O) groups is 2. The largest absolute Gasteiger partial charge is 0.490 e. The summed E-state index contributed by atoms with van der Waals surface area (Å²) >= 11 is 1.28. The average molecular weight is 453 g/mol. The minimum atomic E-state index is -0.433. The molecule has 8 heteroatoms. The number of rotatable bonds is 8. The Hall–Kier alpha value is -3.57. The second kappa shape index (κ2) is 10.6. The van der Waals surface area contributed by atoms with E-state index in [0.29, 0.717) is 47.2 Å². The van der Waals surface area contributed by atoms with Crippen LogP contribution in [0.15, 0.2) is 41.4 Å². The summed E-state index contributed by atoms with van der Waals surface area (Å²) in [5.41, 5.74) is 1.59. The predicted octanol–water partition coefficient (Wildman–Crippen LogP) is 4.05. The Labute approximate surface area is 190 Å². The number of esters is 1. The Morgan fingerprint density at radius 1 is 1.00 bits per heavy atom. The number of hydrogen-bond donors (Lipinski definition) is 0. The molecule has 0 bridgehead atoms. The van der Waals surface area contributed by atoms with Crippen molar-refractivity contribution in [3.63, 3.8) is 0 Å². The van der Waals surface area contributed by atoms with Crippen molar-refractivity contribution in [3.05, 3.63) is 52.3 Å². The molecule has 0 spiro atoms. The van der Waals surface area contributed by atoms with Crippen LogP contribution < -0.4 is 14.3 Å². The highest BCUT2D eigenvalue weighted by Gasteiger charge is 2.14. The van der Waals surface area contributed by atoms with Crippen molar-refractivity contribution in [2.45, 2.75) is 27.3 Å². The van der Waals surface area contributed by atoms with E-state index < -0.39 is 11.9 Å². The number of hydrogen-bond acceptors (Lipinski definition) is 6. The van der Waals surface area contributed by atoms with Crippen LogP contribution in [0.4, 0.5) is 0 Å². The van der Waals surface area contributed by atoms with Gasteiger partial charge < -0.3 is 18.8 Å².